The van der Waals surface area contributed by atoms with E-state index in [4.69, 9.17) is 16.6 Å². The van der Waals surface area contributed by atoms with Gasteiger partial charge in [0.1, 0.15) is 0 Å². The minimum absolute atomic E-state index is 0.0415. The van der Waals surface area contributed by atoms with Crippen LogP contribution in [0.15, 0.2) is 58.4 Å². The summed E-state index contributed by atoms with van der Waals surface area (Å²) in [7, 11) is 0. The van der Waals surface area contributed by atoms with Crippen molar-refractivity contribution in [1.82, 2.24) is 10.3 Å². The van der Waals surface area contributed by atoms with Crippen LogP contribution in [0.4, 0.5) is 11.4 Å². The van der Waals surface area contributed by atoms with Crippen LogP contribution in [0, 0.1) is 10.5 Å². The number of aromatic nitrogens is 1. The van der Waals surface area contributed by atoms with Crippen molar-refractivity contribution < 1.29 is 31.1 Å². The predicted molar refractivity (Wildman–Crippen MR) is 138 cm³/mol. The van der Waals surface area contributed by atoms with E-state index in [1.807, 2.05) is 25.1 Å². The number of benzene rings is 2. The van der Waals surface area contributed by atoms with Gasteiger partial charge in [-0.2, -0.15) is 0 Å². The number of anilines is 1. The maximum atomic E-state index is 12.9. The SMILES string of the molecule is Cc1cc(C(=O)NC2CCCC2)cc2c1N=C(c1c(NCC(O)c3cccc(Cl)c3)cc[nH]c1=O)[I-]2. The molecular formula is C27H27ClIN4O3-. The molecule has 1 fully saturated rings. The summed E-state index contributed by atoms with van der Waals surface area (Å²) in [6, 6.07) is 12.9. The van der Waals surface area contributed by atoms with Crippen LogP contribution in [0.3, 0.4) is 0 Å². The Labute approximate surface area is 224 Å². The Balaban J connectivity index is 1.36. The number of fused-ring (bicyclic) bond motifs is 1. The Morgan fingerprint density at radius 2 is 2.06 bits per heavy atom. The van der Waals surface area contributed by atoms with Crippen LogP contribution >= 0.6 is 11.6 Å². The van der Waals surface area contributed by atoms with Crippen molar-refractivity contribution >= 4 is 32.6 Å². The van der Waals surface area contributed by atoms with E-state index in [1.165, 1.54) is 0 Å². The van der Waals surface area contributed by atoms with Crippen molar-refractivity contribution in [3.63, 3.8) is 0 Å². The molecule has 0 bridgehead atoms. The van der Waals surface area contributed by atoms with Crippen LogP contribution < -0.4 is 37.4 Å². The fourth-order valence-corrected chi connectivity index (χ4v) is 7.82. The van der Waals surface area contributed by atoms with Gasteiger partial charge in [0.05, 0.1) is 0 Å². The number of halogens is 2. The number of nitrogens with zero attached hydrogens (tertiary/aromatic N) is 1. The standard InChI is InChI=1S/C27H27ClIN4O3/c1-15-11-17(26(35)32-19-7-2-3-8-19)13-20-24(15)33-25(29-20)23-21(9-10-30-27(23)36)31-14-22(34)16-5-4-6-18(28)12-16/h4-6,9-13,19,22,34H,2-3,7-8,14H2,1H3,(H,32,35)(H2,30,31,36)/q-1. The van der Waals surface area contributed by atoms with Gasteiger partial charge in [0.15, 0.2) is 0 Å². The van der Waals surface area contributed by atoms with Gasteiger partial charge in [0.25, 0.3) is 0 Å². The van der Waals surface area contributed by atoms with E-state index in [9.17, 15) is 14.7 Å². The number of carbonyl (C=O) groups is 1. The van der Waals surface area contributed by atoms with Crippen molar-refractivity contribution in [2.45, 2.75) is 44.8 Å². The van der Waals surface area contributed by atoms with Crippen LogP contribution in [-0.2, 0) is 0 Å². The van der Waals surface area contributed by atoms with E-state index in [1.54, 1.807) is 30.5 Å². The fraction of sp³-hybridized carbons (Fsp3) is 0.296. The number of aliphatic imine (C=N–C) groups is 1. The molecule has 4 N–H and O–H groups in total. The quantitative estimate of drug-likeness (QED) is 0.302. The van der Waals surface area contributed by atoms with Crippen LogP contribution in [0.25, 0.3) is 0 Å². The molecule has 1 atom stereocenters. The van der Waals surface area contributed by atoms with Crippen molar-refractivity contribution in [1.29, 1.82) is 0 Å². The normalized spacial score (nSPS) is 16.1. The summed E-state index contributed by atoms with van der Waals surface area (Å²) in [6.07, 6.45) is 5.18. The first-order valence-corrected chi connectivity index (χ1v) is 14.5. The average molecular weight is 618 g/mol. The molecule has 2 aromatic carbocycles. The van der Waals surface area contributed by atoms with Gasteiger partial charge >= 0.3 is 225 Å². The number of aliphatic hydroxyl groups excluding tert-OH is 1. The van der Waals surface area contributed by atoms with Crippen LogP contribution in [0.5, 0.6) is 0 Å². The molecule has 5 rings (SSSR count). The van der Waals surface area contributed by atoms with Crippen LogP contribution in [-0.4, -0.2) is 32.3 Å². The third-order valence-electron chi connectivity index (χ3n) is 6.49. The first kappa shape index (κ1) is 25.0. The molecule has 9 heteroatoms. The molecule has 0 spiro atoms. The van der Waals surface area contributed by atoms with Crippen molar-refractivity contribution in [2.24, 2.45) is 4.99 Å². The molecule has 2 heterocycles. The monoisotopic (exact) mass is 617 g/mol. The molecular weight excluding hydrogens is 591 g/mol. The summed E-state index contributed by atoms with van der Waals surface area (Å²) in [5.74, 6) is -0.0415. The first-order chi connectivity index (χ1) is 17.4. The number of hydrogen-bond acceptors (Lipinski definition) is 5. The summed E-state index contributed by atoms with van der Waals surface area (Å²) in [5.41, 5.74) is 3.98. The summed E-state index contributed by atoms with van der Waals surface area (Å²) in [4.78, 5) is 33.3. The van der Waals surface area contributed by atoms with E-state index in [-0.39, 0.29) is 24.1 Å². The topological polar surface area (TPSA) is 107 Å². The van der Waals surface area contributed by atoms with Crippen molar-refractivity contribution in [3.05, 3.63) is 89.9 Å². The molecule has 3 aromatic rings. The summed E-state index contributed by atoms with van der Waals surface area (Å²) in [6.45, 7) is 2.16. The molecule has 7 nitrogen and oxygen atoms in total. The molecule has 1 aromatic heterocycles. The molecule has 1 aliphatic carbocycles. The summed E-state index contributed by atoms with van der Waals surface area (Å²) in [5, 5.41) is 17.6. The Bertz CT molecular complexity index is 1400. The van der Waals surface area contributed by atoms with Gasteiger partial charge in [-0.15, -0.1) is 0 Å². The Morgan fingerprint density at radius 1 is 1.25 bits per heavy atom. The number of nitrogens with one attached hydrogen (secondary N) is 3. The number of hydrogen-bond donors (Lipinski definition) is 4. The number of rotatable bonds is 7. The fourth-order valence-electron chi connectivity index (χ4n) is 4.61. The zero-order valence-corrected chi connectivity index (χ0v) is 22.7. The van der Waals surface area contributed by atoms with Crippen LogP contribution in [0.2, 0.25) is 5.02 Å². The van der Waals surface area contributed by atoms with Gasteiger partial charge in [-0.3, -0.25) is 0 Å². The second kappa shape index (κ2) is 10.7. The van der Waals surface area contributed by atoms with E-state index in [0.717, 1.165) is 44.2 Å². The van der Waals surface area contributed by atoms with Crippen molar-refractivity contribution in [2.75, 3.05) is 11.9 Å². The Hall–Kier alpha value is -2.69. The number of carbonyl (C=O) groups excluding carboxylic acids is 1. The third-order valence-corrected chi connectivity index (χ3v) is 9.42. The zero-order valence-electron chi connectivity index (χ0n) is 19.8. The number of amides is 1. The minimum atomic E-state index is -0.795. The third kappa shape index (κ3) is 5.35. The second-order valence-electron chi connectivity index (χ2n) is 9.12. The molecule has 188 valence electrons. The molecule has 1 saturated carbocycles. The van der Waals surface area contributed by atoms with Crippen molar-refractivity contribution in [3.8, 4) is 0 Å². The Kier molecular flexibility index (Phi) is 7.45. The molecule has 0 saturated heterocycles. The van der Waals surface area contributed by atoms with Gasteiger partial charge in [0, 0.05) is 0 Å². The zero-order chi connectivity index (χ0) is 25.2. The number of aromatic amines is 1. The summed E-state index contributed by atoms with van der Waals surface area (Å²) < 4.78 is 1.77. The van der Waals surface area contributed by atoms with E-state index in [0.29, 0.717) is 27.4 Å². The number of aryl methyl sites for hydroxylation is 1. The van der Waals surface area contributed by atoms with Gasteiger partial charge in [-0.25, -0.2) is 0 Å². The van der Waals surface area contributed by atoms with E-state index in [2.05, 4.69) is 15.6 Å². The van der Waals surface area contributed by atoms with Gasteiger partial charge in [0.2, 0.25) is 0 Å². The molecule has 2 aliphatic rings. The first-order valence-electron chi connectivity index (χ1n) is 12.0. The van der Waals surface area contributed by atoms with E-state index < -0.39 is 27.3 Å². The number of aliphatic hydroxyl groups is 1. The van der Waals surface area contributed by atoms with E-state index >= 15 is 0 Å². The predicted octanol–water partition coefficient (Wildman–Crippen LogP) is 1.51. The molecule has 0 radical (unpaired) electrons. The van der Waals surface area contributed by atoms with Gasteiger partial charge in [-0.05, 0) is 0 Å². The van der Waals surface area contributed by atoms with Gasteiger partial charge in [-0.1, -0.05) is 0 Å². The maximum absolute atomic E-state index is 12.9. The van der Waals surface area contributed by atoms with Gasteiger partial charge < -0.3 is 0 Å². The second-order valence-corrected chi connectivity index (χ2v) is 12.3. The molecule has 36 heavy (non-hydrogen) atoms. The molecule has 1 unspecified atom stereocenters. The molecule has 1 aliphatic heterocycles. The summed E-state index contributed by atoms with van der Waals surface area (Å²) >= 11 is 5.28. The number of H-pyrrole nitrogens is 1. The van der Waals surface area contributed by atoms with Crippen LogP contribution in [0.1, 0.15) is 58.8 Å². The number of pyridine rings is 1. The Morgan fingerprint density at radius 3 is 2.83 bits per heavy atom. The average Bonchev–Trinajstić information content (AvgIpc) is 3.52. The molecule has 1 amide bonds.